The molecule has 5 aromatic rings. The van der Waals surface area contributed by atoms with Gasteiger partial charge in [0.2, 0.25) is 0 Å². The van der Waals surface area contributed by atoms with Crippen LogP contribution in [0.15, 0.2) is 98.6 Å². The number of rotatable bonds is 10. The highest BCUT2D eigenvalue weighted by atomic mass is 35.5. The van der Waals surface area contributed by atoms with Gasteiger partial charge in [-0.3, -0.25) is 9.36 Å². The molecule has 3 heterocycles. The summed E-state index contributed by atoms with van der Waals surface area (Å²) in [6.45, 7) is 6.49. The SMILES string of the molecule is CCOC(=O)C1=C(c2ccccc2)N=c2s/c(=C\c3ccc(-c4cccc(Cl)c4Cl)o3)c(=O)n2[C@H]1c1ccc(OCC)c(OCC)c1. The van der Waals surface area contributed by atoms with Gasteiger partial charge in [0.05, 0.1) is 51.7 Å². The molecule has 8 nitrogen and oxygen atoms in total. The van der Waals surface area contributed by atoms with Crippen LogP contribution in [0, 0.1) is 0 Å². The summed E-state index contributed by atoms with van der Waals surface area (Å²) < 4.78 is 25.3. The van der Waals surface area contributed by atoms with Gasteiger partial charge in [-0.05, 0) is 62.7 Å². The van der Waals surface area contributed by atoms with Gasteiger partial charge in [-0.2, -0.15) is 0 Å². The minimum absolute atomic E-state index is 0.145. The van der Waals surface area contributed by atoms with Crippen LogP contribution in [0.5, 0.6) is 11.5 Å². The highest BCUT2D eigenvalue weighted by molar-refractivity contribution is 7.07. The molecule has 0 N–H and O–H groups in total. The third-order valence-corrected chi connectivity index (χ3v) is 9.18. The summed E-state index contributed by atoms with van der Waals surface area (Å²) in [5, 5.41) is 0.778. The molecule has 0 radical (unpaired) electrons. The number of aromatic nitrogens is 1. The number of esters is 1. The monoisotopic (exact) mass is 688 g/mol. The number of hydrogen-bond donors (Lipinski definition) is 0. The molecule has 0 spiro atoms. The van der Waals surface area contributed by atoms with Crippen molar-refractivity contribution in [2.75, 3.05) is 19.8 Å². The Hall–Kier alpha value is -4.57. The van der Waals surface area contributed by atoms with Crippen molar-refractivity contribution in [2.45, 2.75) is 26.8 Å². The Labute approximate surface area is 284 Å². The van der Waals surface area contributed by atoms with E-state index in [1.807, 2.05) is 50.2 Å². The molecular formula is C36H30Cl2N2O6S. The van der Waals surface area contributed by atoms with E-state index in [-0.39, 0.29) is 17.7 Å². The molecular weight excluding hydrogens is 659 g/mol. The van der Waals surface area contributed by atoms with Gasteiger partial charge in [0, 0.05) is 17.2 Å². The number of fused-ring (bicyclic) bond motifs is 1. The molecule has 0 unspecified atom stereocenters. The molecule has 0 saturated carbocycles. The van der Waals surface area contributed by atoms with E-state index in [1.165, 1.54) is 15.9 Å². The highest BCUT2D eigenvalue weighted by Crippen LogP contribution is 2.39. The molecule has 47 heavy (non-hydrogen) atoms. The molecule has 0 saturated heterocycles. The van der Waals surface area contributed by atoms with Crippen molar-refractivity contribution in [2.24, 2.45) is 4.99 Å². The summed E-state index contributed by atoms with van der Waals surface area (Å²) in [5.74, 6) is 1.42. The first-order valence-corrected chi connectivity index (χ1v) is 16.6. The molecule has 11 heteroatoms. The standard InChI is InChI=1S/C36H30Cl2N2O6S/c1-4-43-27-17-15-22(19-28(27)44-5-2)33-30(35(42)45-6-3)32(21-11-8-7-9-12-21)39-36-40(33)34(41)29(47-36)20-23-16-18-26(46-23)24-13-10-14-25(37)31(24)38/h7-20,33H,4-6H2,1-3H3/b29-20-/t33-/m0/s1. The first kappa shape index (κ1) is 32.4. The average Bonchev–Trinajstić information content (AvgIpc) is 3.67. The molecule has 1 aliphatic heterocycles. The summed E-state index contributed by atoms with van der Waals surface area (Å²) in [7, 11) is 0. The maximum atomic E-state index is 14.3. The largest absolute Gasteiger partial charge is 0.490 e. The smallest absolute Gasteiger partial charge is 0.338 e. The second-order valence-corrected chi connectivity index (χ2v) is 12.1. The normalized spacial score (nSPS) is 14.5. The number of thiazole rings is 1. The lowest BCUT2D eigenvalue weighted by molar-refractivity contribution is -0.138. The van der Waals surface area contributed by atoms with Crippen molar-refractivity contribution < 1.29 is 23.4 Å². The minimum Gasteiger partial charge on any atom is -0.490 e. The quantitative estimate of drug-likeness (QED) is 0.143. The molecule has 1 aliphatic rings. The van der Waals surface area contributed by atoms with Crippen LogP contribution in [-0.4, -0.2) is 30.4 Å². The lowest BCUT2D eigenvalue weighted by Gasteiger charge is -2.26. The molecule has 6 rings (SSSR count). The van der Waals surface area contributed by atoms with Crippen molar-refractivity contribution in [1.82, 2.24) is 4.57 Å². The second-order valence-electron chi connectivity index (χ2n) is 10.3. The maximum Gasteiger partial charge on any atom is 0.338 e. The van der Waals surface area contributed by atoms with Crippen molar-refractivity contribution in [3.05, 3.63) is 131 Å². The Balaban J connectivity index is 1.58. The number of carbonyl (C=O) groups excluding carboxylic acids is 1. The van der Waals surface area contributed by atoms with Gasteiger partial charge in [-0.25, -0.2) is 9.79 Å². The van der Waals surface area contributed by atoms with Crippen LogP contribution in [0.4, 0.5) is 0 Å². The van der Waals surface area contributed by atoms with Gasteiger partial charge in [-0.15, -0.1) is 0 Å². The minimum atomic E-state index is -0.880. The number of benzene rings is 3. The maximum absolute atomic E-state index is 14.3. The van der Waals surface area contributed by atoms with E-state index in [4.69, 9.17) is 46.8 Å². The van der Waals surface area contributed by atoms with Crippen molar-refractivity contribution >= 4 is 52.3 Å². The third-order valence-electron chi connectivity index (χ3n) is 7.37. The fraction of sp³-hybridized carbons (Fsp3) is 0.194. The number of ether oxygens (including phenoxy) is 3. The van der Waals surface area contributed by atoms with Gasteiger partial charge < -0.3 is 18.6 Å². The number of nitrogens with zero attached hydrogens (tertiary/aromatic N) is 2. The highest BCUT2D eigenvalue weighted by Gasteiger charge is 2.35. The Kier molecular flexibility index (Phi) is 9.68. The van der Waals surface area contributed by atoms with E-state index < -0.39 is 12.0 Å². The Morgan fingerprint density at radius 1 is 0.936 bits per heavy atom. The zero-order valence-electron chi connectivity index (χ0n) is 25.8. The van der Waals surface area contributed by atoms with E-state index in [2.05, 4.69) is 0 Å². The summed E-state index contributed by atoms with van der Waals surface area (Å²) in [6.07, 6.45) is 1.66. The number of hydrogen-bond acceptors (Lipinski definition) is 8. The molecule has 0 fully saturated rings. The van der Waals surface area contributed by atoms with E-state index in [0.29, 0.717) is 78.0 Å². The first-order chi connectivity index (χ1) is 22.8. The zero-order valence-corrected chi connectivity index (χ0v) is 28.1. The number of furan rings is 1. The van der Waals surface area contributed by atoms with Gasteiger partial charge >= 0.3 is 5.97 Å². The number of carbonyl (C=O) groups is 1. The van der Waals surface area contributed by atoms with E-state index in [1.54, 1.807) is 55.5 Å². The van der Waals surface area contributed by atoms with Crippen molar-refractivity contribution in [3.8, 4) is 22.8 Å². The van der Waals surface area contributed by atoms with E-state index in [0.717, 1.165) is 0 Å². The van der Waals surface area contributed by atoms with Gasteiger partial charge in [0.15, 0.2) is 16.3 Å². The fourth-order valence-corrected chi connectivity index (χ4v) is 6.77. The molecule has 3 aromatic carbocycles. The lowest BCUT2D eigenvalue weighted by Crippen LogP contribution is -2.40. The van der Waals surface area contributed by atoms with Crippen LogP contribution in [0.1, 0.15) is 43.7 Å². The van der Waals surface area contributed by atoms with Gasteiger partial charge in [0.1, 0.15) is 11.5 Å². The van der Waals surface area contributed by atoms with Crippen LogP contribution in [0.25, 0.3) is 23.1 Å². The predicted octanol–water partition coefficient (Wildman–Crippen LogP) is 7.30. The summed E-state index contributed by atoms with van der Waals surface area (Å²) in [6, 6.07) is 22.7. The van der Waals surface area contributed by atoms with Crippen molar-refractivity contribution in [1.29, 1.82) is 0 Å². The third kappa shape index (κ3) is 6.39. The van der Waals surface area contributed by atoms with Crippen LogP contribution >= 0.6 is 34.5 Å². The lowest BCUT2D eigenvalue weighted by atomic mass is 9.93. The topological polar surface area (TPSA) is 92.3 Å². The molecule has 0 bridgehead atoms. The van der Waals surface area contributed by atoms with Gasteiger partial charge in [0.25, 0.3) is 5.56 Å². The van der Waals surface area contributed by atoms with Crippen LogP contribution < -0.4 is 24.4 Å². The van der Waals surface area contributed by atoms with Crippen molar-refractivity contribution in [3.63, 3.8) is 0 Å². The zero-order chi connectivity index (χ0) is 33.1. The summed E-state index contributed by atoms with van der Waals surface area (Å²) in [5.41, 5.74) is 2.28. The Bertz CT molecular complexity index is 2170. The van der Waals surface area contributed by atoms with Crippen LogP contribution in [-0.2, 0) is 9.53 Å². The molecule has 0 aliphatic carbocycles. The second kappa shape index (κ2) is 14.0. The Morgan fingerprint density at radius 2 is 1.70 bits per heavy atom. The van der Waals surface area contributed by atoms with E-state index >= 15 is 0 Å². The molecule has 0 amide bonds. The summed E-state index contributed by atoms with van der Waals surface area (Å²) in [4.78, 5) is 33.4. The molecule has 1 atom stereocenters. The molecule has 240 valence electrons. The van der Waals surface area contributed by atoms with Crippen LogP contribution in [0.3, 0.4) is 0 Å². The Morgan fingerprint density at radius 3 is 2.45 bits per heavy atom. The number of halogens is 2. The first-order valence-electron chi connectivity index (χ1n) is 15.1. The van der Waals surface area contributed by atoms with Gasteiger partial charge in [-0.1, -0.05) is 77.0 Å². The fourth-order valence-electron chi connectivity index (χ4n) is 5.39. The average molecular weight is 690 g/mol. The van der Waals surface area contributed by atoms with Crippen LogP contribution in [0.2, 0.25) is 10.0 Å². The van der Waals surface area contributed by atoms with E-state index in [9.17, 15) is 9.59 Å². The predicted molar refractivity (Wildman–Crippen MR) is 184 cm³/mol. The summed E-state index contributed by atoms with van der Waals surface area (Å²) >= 11 is 13.8. The molecule has 2 aromatic heterocycles.